The van der Waals surface area contributed by atoms with Gasteiger partial charge in [0, 0.05) is 11.4 Å². The second-order valence-corrected chi connectivity index (χ2v) is 5.85. The highest BCUT2D eigenvalue weighted by Gasteiger charge is 2.21. The van der Waals surface area contributed by atoms with Crippen molar-refractivity contribution in [3.63, 3.8) is 0 Å². The number of aliphatic hydroxyl groups excluding tert-OH is 1. The van der Waals surface area contributed by atoms with Gasteiger partial charge in [0.15, 0.2) is 0 Å². The van der Waals surface area contributed by atoms with Crippen LogP contribution in [-0.4, -0.2) is 24.2 Å². The molecule has 0 bridgehead atoms. The summed E-state index contributed by atoms with van der Waals surface area (Å²) in [6.07, 6.45) is 0. The molecule has 1 heterocycles. The number of carbonyl (C=O) groups excluding carboxylic acids is 1. The lowest BCUT2D eigenvalue weighted by Gasteiger charge is -2.22. The molecule has 0 fully saturated rings. The predicted molar refractivity (Wildman–Crippen MR) is 83.4 cm³/mol. The third kappa shape index (κ3) is 2.84. The van der Waals surface area contributed by atoms with Crippen molar-refractivity contribution in [1.29, 1.82) is 0 Å². The van der Waals surface area contributed by atoms with Gasteiger partial charge in [-0.2, -0.15) is 0 Å². The summed E-state index contributed by atoms with van der Waals surface area (Å²) in [6, 6.07) is 9.06. The Hall–Kier alpha value is -1.85. The molecule has 0 spiro atoms. The second-order valence-electron chi connectivity index (χ2n) is 4.59. The smallest absolute Gasteiger partial charge is 0.268 e. The van der Waals surface area contributed by atoms with Crippen molar-refractivity contribution < 1.29 is 9.90 Å². The number of nitrogens with two attached hydrogens (primary N) is 1. The first-order valence-corrected chi connectivity index (χ1v) is 7.20. The number of nitrogen functional groups attached to an aromatic ring is 1. The van der Waals surface area contributed by atoms with Crippen LogP contribution in [0.2, 0.25) is 0 Å². The van der Waals surface area contributed by atoms with Gasteiger partial charge in [0.05, 0.1) is 22.9 Å². The number of para-hydroxylation sites is 2. The van der Waals surface area contributed by atoms with Crippen LogP contribution < -0.4 is 10.6 Å². The first-order valence-electron chi connectivity index (χ1n) is 6.39. The lowest BCUT2D eigenvalue weighted by atomic mass is 10.2. The van der Waals surface area contributed by atoms with Gasteiger partial charge >= 0.3 is 0 Å². The van der Waals surface area contributed by atoms with Gasteiger partial charge in [0.1, 0.15) is 0 Å². The molecule has 1 amide bonds. The zero-order valence-corrected chi connectivity index (χ0v) is 12.4. The van der Waals surface area contributed by atoms with Gasteiger partial charge in [-0.05, 0) is 37.6 Å². The van der Waals surface area contributed by atoms with Crippen molar-refractivity contribution in [2.45, 2.75) is 13.8 Å². The summed E-state index contributed by atoms with van der Waals surface area (Å²) in [5.41, 5.74) is 8.19. The molecule has 0 aliphatic carbocycles. The van der Waals surface area contributed by atoms with E-state index in [1.165, 1.54) is 16.2 Å². The molecule has 0 unspecified atom stereocenters. The number of anilines is 2. The fraction of sp³-hybridized carbons (Fsp3) is 0.267. The van der Waals surface area contributed by atoms with E-state index >= 15 is 0 Å². The minimum absolute atomic E-state index is 0.108. The highest BCUT2D eigenvalue weighted by atomic mass is 32.1. The zero-order valence-electron chi connectivity index (χ0n) is 11.6. The van der Waals surface area contributed by atoms with Crippen molar-refractivity contribution in [2.75, 3.05) is 23.8 Å². The summed E-state index contributed by atoms with van der Waals surface area (Å²) in [5, 5.41) is 9.21. The first kappa shape index (κ1) is 14.6. The number of hydrogen-bond donors (Lipinski definition) is 2. The van der Waals surface area contributed by atoms with E-state index in [1.54, 1.807) is 12.1 Å². The molecule has 0 saturated heterocycles. The molecule has 1 aromatic heterocycles. The minimum atomic E-state index is -0.127. The lowest BCUT2D eigenvalue weighted by molar-refractivity contribution is 0.0985. The fourth-order valence-corrected chi connectivity index (χ4v) is 2.96. The quantitative estimate of drug-likeness (QED) is 0.851. The average molecular weight is 290 g/mol. The number of benzene rings is 1. The van der Waals surface area contributed by atoms with Gasteiger partial charge in [-0.25, -0.2) is 0 Å². The van der Waals surface area contributed by atoms with Gasteiger partial charge in [0.25, 0.3) is 5.91 Å². The molecule has 1 aromatic carbocycles. The number of rotatable bonds is 4. The van der Waals surface area contributed by atoms with Gasteiger partial charge in [0.2, 0.25) is 0 Å². The summed E-state index contributed by atoms with van der Waals surface area (Å²) >= 11 is 1.46. The van der Waals surface area contributed by atoms with Crippen molar-refractivity contribution in [1.82, 2.24) is 0 Å². The summed E-state index contributed by atoms with van der Waals surface area (Å²) in [4.78, 5) is 15.9. The van der Waals surface area contributed by atoms with E-state index in [9.17, 15) is 9.90 Å². The molecule has 2 aromatic rings. The molecule has 20 heavy (non-hydrogen) atoms. The minimum Gasteiger partial charge on any atom is -0.397 e. The molecule has 0 atom stereocenters. The van der Waals surface area contributed by atoms with Gasteiger partial charge < -0.3 is 15.7 Å². The fourth-order valence-electron chi connectivity index (χ4n) is 1.98. The zero-order chi connectivity index (χ0) is 14.7. The molecule has 0 radical (unpaired) electrons. The molecule has 3 N–H and O–H groups in total. The van der Waals surface area contributed by atoms with Crippen molar-refractivity contribution >= 4 is 28.6 Å². The predicted octanol–water partition coefficient (Wildman–Crippen LogP) is 2.59. The van der Waals surface area contributed by atoms with E-state index in [2.05, 4.69) is 0 Å². The van der Waals surface area contributed by atoms with Crippen molar-refractivity contribution in [2.24, 2.45) is 0 Å². The Morgan fingerprint density at radius 3 is 2.60 bits per heavy atom. The van der Waals surface area contributed by atoms with E-state index in [1.807, 2.05) is 32.0 Å². The monoisotopic (exact) mass is 290 g/mol. The molecule has 4 nitrogen and oxygen atoms in total. The average Bonchev–Trinajstić information content (AvgIpc) is 2.76. The summed E-state index contributed by atoms with van der Waals surface area (Å²) in [7, 11) is 0. The number of amides is 1. The third-order valence-electron chi connectivity index (χ3n) is 3.17. The molecule has 0 saturated carbocycles. The van der Waals surface area contributed by atoms with Crippen LogP contribution in [-0.2, 0) is 0 Å². The second kappa shape index (κ2) is 6.07. The Bertz CT molecular complexity index is 603. The van der Waals surface area contributed by atoms with Crippen LogP contribution in [0.3, 0.4) is 0 Å². The van der Waals surface area contributed by atoms with E-state index < -0.39 is 0 Å². The maximum Gasteiger partial charge on any atom is 0.268 e. The van der Waals surface area contributed by atoms with Gasteiger partial charge in [-0.1, -0.05) is 12.1 Å². The summed E-state index contributed by atoms with van der Waals surface area (Å²) in [5.74, 6) is -0.127. The summed E-state index contributed by atoms with van der Waals surface area (Å²) in [6.45, 7) is 4.09. The topological polar surface area (TPSA) is 66.6 Å². The number of carbonyl (C=O) groups is 1. The van der Waals surface area contributed by atoms with Crippen LogP contribution in [0.4, 0.5) is 11.4 Å². The standard InChI is InChI=1S/C15H18N2O2S/c1-10-9-14(20-11(10)2)15(19)17(7-8-18)13-6-4-3-5-12(13)16/h3-6,9,18H,7-8,16H2,1-2H3. The Balaban J connectivity index is 2.38. The molecule has 5 heteroatoms. The first-order chi connectivity index (χ1) is 9.54. The Morgan fingerprint density at radius 1 is 1.35 bits per heavy atom. The van der Waals surface area contributed by atoms with Crippen LogP contribution in [0, 0.1) is 13.8 Å². The highest BCUT2D eigenvalue weighted by Crippen LogP contribution is 2.27. The molecule has 2 rings (SSSR count). The van der Waals surface area contributed by atoms with Crippen LogP contribution in [0.5, 0.6) is 0 Å². The Labute approximate surface area is 122 Å². The molecular weight excluding hydrogens is 272 g/mol. The number of hydrogen-bond acceptors (Lipinski definition) is 4. The van der Waals surface area contributed by atoms with Crippen molar-refractivity contribution in [3.05, 3.63) is 45.6 Å². The number of aliphatic hydroxyl groups is 1. The summed E-state index contributed by atoms with van der Waals surface area (Å²) < 4.78 is 0. The maximum atomic E-state index is 12.6. The van der Waals surface area contributed by atoms with Crippen LogP contribution in [0.25, 0.3) is 0 Å². The molecule has 0 aliphatic rings. The van der Waals surface area contributed by atoms with Crippen LogP contribution in [0.15, 0.2) is 30.3 Å². The van der Waals surface area contributed by atoms with Gasteiger partial charge in [-0.3, -0.25) is 4.79 Å². The highest BCUT2D eigenvalue weighted by molar-refractivity contribution is 7.14. The number of nitrogens with zero attached hydrogens (tertiary/aromatic N) is 1. The normalized spacial score (nSPS) is 10.6. The number of thiophene rings is 1. The van der Waals surface area contributed by atoms with E-state index in [0.717, 1.165) is 10.4 Å². The lowest BCUT2D eigenvalue weighted by Crippen LogP contribution is -2.33. The molecular formula is C15H18N2O2S. The molecule has 106 valence electrons. The van der Waals surface area contributed by atoms with Crippen LogP contribution >= 0.6 is 11.3 Å². The van der Waals surface area contributed by atoms with E-state index in [-0.39, 0.29) is 19.1 Å². The largest absolute Gasteiger partial charge is 0.397 e. The maximum absolute atomic E-state index is 12.6. The Kier molecular flexibility index (Phi) is 4.42. The van der Waals surface area contributed by atoms with Crippen LogP contribution in [0.1, 0.15) is 20.1 Å². The van der Waals surface area contributed by atoms with Crippen molar-refractivity contribution in [3.8, 4) is 0 Å². The number of aryl methyl sites for hydroxylation is 2. The third-order valence-corrected chi connectivity index (χ3v) is 4.31. The van der Waals surface area contributed by atoms with E-state index in [0.29, 0.717) is 16.3 Å². The Morgan fingerprint density at radius 2 is 2.05 bits per heavy atom. The molecule has 0 aliphatic heterocycles. The SMILES string of the molecule is Cc1cc(C(=O)N(CCO)c2ccccc2N)sc1C. The van der Waals surface area contributed by atoms with Gasteiger partial charge in [-0.15, -0.1) is 11.3 Å². The van der Waals surface area contributed by atoms with E-state index in [4.69, 9.17) is 5.73 Å².